The third-order valence-electron chi connectivity index (χ3n) is 1.29. The summed E-state index contributed by atoms with van der Waals surface area (Å²) >= 11 is 0. The first-order valence-corrected chi connectivity index (χ1v) is 3.67. The van der Waals surface area contributed by atoms with Gasteiger partial charge in [-0.3, -0.25) is 4.98 Å². The third-order valence-corrected chi connectivity index (χ3v) is 1.29. The van der Waals surface area contributed by atoms with E-state index in [9.17, 15) is 0 Å². The Kier molecular flexibility index (Phi) is 3.06. The minimum Gasteiger partial charge on any atom is -0.460 e. The first-order chi connectivity index (χ1) is 6.26. The molecule has 0 spiro atoms. The predicted octanol–water partition coefficient (Wildman–Crippen LogP) is 0.163. The van der Waals surface area contributed by atoms with Crippen molar-refractivity contribution in [3.05, 3.63) is 12.4 Å². The van der Waals surface area contributed by atoms with Crippen molar-refractivity contribution in [1.82, 2.24) is 9.97 Å². The van der Waals surface area contributed by atoms with E-state index in [1.807, 2.05) is 0 Å². The number of ether oxygens (including phenoxy) is 1. The Bertz CT molecular complexity index is 320. The number of nitrogens with zero attached hydrogens (tertiary/aromatic N) is 2. The molecule has 5 nitrogen and oxygen atoms in total. The number of nitrogens with two attached hydrogens (primary N) is 1. The lowest BCUT2D eigenvalue weighted by atomic mass is 10.4. The molecule has 0 aromatic carbocycles. The highest BCUT2D eigenvalue weighted by Gasteiger charge is 2.01. The van der Waals surface area contributed by atoms with Crippen LogP contribution in [0.4, 0.5) is 5.82 Å². The number of hydrazine groups is 1. The zero-order valence-electron chi connectivity index (χ0n) is 7.19. The van der Waals surface area contributed by atoms with Gasteiger partial charge in [0.05, 0.1) is 12.4 Å². The number of nitrogen functional groups attached to an aromatic ring is 1. The summed E-state index contributed by atoms with van der Waals surface area (Å²) in [6, 6.07) is 0. The van der Waals surface area contributed by atoms with Crippen LogP contribution in [0, 0.1) is 12.3 Å². The van der Waals surface area contributed by atoms with Crippen molar-refractivity contribution in [3.63, 3.8) is 0 Å². The van der Waals surface area contributed by atoms with Gasteiger partial charge < -0.3 is 10.2 Å². The fraction of sp³-hybridized carbons (Fsp3) is 0.250. The zero-order valence-corrected chi connectivity index (χ0v) is 7.19. The van der Waals surface area contributed by atoms with Crippen molar-refractivity contribution in [3.8, 4) is 18.2 Å². The fourth-order valence-corrected chi connectivity index (χ4v) is 0.690. The van der Waals surface area contributed by atoms with Crippen molar-refractivity contribution < 1.29 is 4.74 Å². The van der Waals surface area contributed by atoms with Crippen LogP contribution in [0.2, 0.25) is 0 Å². The lowest BCUT2D eigenvalue weighted by molar-refractivity contribution is 0.267. The Morgan fingerprint density at radius 2 is 2.46 bits per heavy atom. The summed E-state index contributed by atoms with van der Waals surface area (Å²) in [5.74, 6) is 8.32. The van der Waals surface area contributed by atoms with Gasteiger partial charge in [0.15, 0.2) is 11.9 Å². The van der Waals surface area contributed by atoms with Gasteiger partial charge in [-0.1, -0.05) is 5.92 Å². The van der Waals surface area contributed by atoms with E-state index in [0.717, 1.165) is 0 Å². The molecule has 5 heteroatoms. The first-order valence-electron chi connectivity index (χ1n) is 3.67. The average molecular weight is 178 g/mol. The van der Waals surface area contributed by atoms with E-state index in [0.29, 0.717) is 11.7 Å². The third kappa shape index (κ3) is 2.61. The molecule has 0 saturated carbocycles. The van der Waals surface area contributed by atoms with Gasteiger partial charge >= 0.3 is 0 Å². The maximum atomic E-state index is 5.20. The van der Waals surface area contributed by atoms with Crippen LogP contribution in [0.5, 0.6) is 5.88 Å². The predicted molar refractivity (Wildman–Crippen MR) is 48.8 cm³/mol. The number of terminal acetylenes is 1. The van der Waals surface area contributed by atoms with Gasteiger partial charge in [-0.2, -0.15) is 4.98 Å². The zero-order chi connectivity index (χ0) is 9.68. The van der Waals surface area contributed by atoms with Crippen LogP contribution in [0.15, 0.2) is 12.4 Å². The van der Waals surface area contributed by atoms with E-state index in [1.54, 1.807) is 6.92 Å². The topological polar surface area (TPSA) is 73.1 Å². The molecule has 1 aromatic heterocycles. The Morgan fingerprint density at radius 1 is 1.69 bits per heavy atom. The number of hydrogen-bond acceptors (Lipinski definition) is 5. The number of anilines is 1. The summed E-state index contributed by atoms with van der Waals surface area (Å²) in [5, 5.41) is 0. The smallest absolute Gasteiger partial charge is 0.235 e. The molecule has 13 heavy (non-hydrogen) atoms. The van der Waals surface area contributed by atoms with Crippen molar-refractivity contribution in [2.24, 2.45) is 5.84 Å². The second kappa shape index (κ2) is 4.28. The first kappa shape index (κ1) is 9.29. The second-order valence-electron chi connectivity index (χ2n) is 2.31. The van der Waals surface area contributed by atoms with Gasteiger partial charge in [0.25, 0.3) is 0 Å². The lowest BCUT2D eigenvalue weighted by Gasteiger charge is -2.07. The summed E-state index contributed by atoms with van der Waals surface area (Å²) in [5.41, 5.74) is 2.35. The molecule has 3 N–H and O–H groups in total. The minimum absolute atomic E-state index is 0.331. The highest BCUT2D eigenvalue weighted by atomic mass is 16.5. The molecule has 0 amide bonds. The monoisotopic (exact) mass is 178 g/mol. The van der Waals surface area contributed by atoms with E-state index in [4.69, 9.17) is 17.0 Å². The van der Waals surface area contributed by atoms with Crippen molar-refractivity contribution >= 4 is 5.82 Å². The summed E-state index contributed by atoms with van der Waals surface area (Å²) < 4.78 is 5.20. The molecule has 0 aliphatic heterocycles. The fourth-order valence-electron chi connectivity index (χ4n) is 0.690. The number of aromatic nitrogens is 2. The molecule has 0 aliphatic rings. The van der Waals surface area contributed by atoms with Gasteiger partial charge in [-0.15, -0.1) is 6.42 Å². The molecule has 1 unspecified atom stereocenters. The molecule has 0 fully saturated rings. The van der Waals surface area contributed by atoms with Crippen LogP contribution in [0.3, 0.4) is 0 Å². The van der Waals surface area contributed by atoms with Gasteiger partial charge in [-0.25, -0.2) is 5.84 Å². The van der Waals surface area contributed by atoms with E-state index >= 15 is 0 Å². The van der Waals surface area contributed by atoms with Crippen LogP contribution in [0.25, 0.3) is 0 Å². The largest absolute Gasteiger partial charge is 0.460 e. The highest BCUT2D eigenvalue weighted by molar-refractivity contribution is 5.31. The minimum atomic E-state index is -0.331. The standard InChI is InChI=1S/C8H10N4O/c1-3-6(2)13-8-5-10-4-7(11-8)12-9/h1,4-6H,9H2,2H3,(H,11,12). The SMILES string of the molecule is C#CC(C)Oc1cncc(NN)n1. The Morgan fingerprint density at radius 3 is 3.08 bits per heavy atom. The van der Waals surface area contributed by atoms with Crippen LogP contribution >= 0.6 is 0 Å². The van der Waals surface area contributed by atoms with E-state index < -0.39 is 0 Å². The maximum Gasteiger partial charge on any atom is 0.235 e. The number of rotatable bonds is 3. The Balaban J connectivity index is 2.73. The molecule has 0 saturated heterocycles. The molecule has 1 atom stereocenters. The van der Waals surface area contributed by atoms with E-state index in [-0.39, 0.29) is 6.10 Å². The van der Waals surface area contributed by atoms with Crippen LogP contribution in [-0.2, 0) is 0 Å². The van der Waals surface area contributed by atoms with Gasteiger partial charge in [0, 0.05) is 0 Å². The molecule has 68 valence electrons. The summed E-state index contributed by atoms with van der Waals surface area (Å²) in [6.45, 7) is 1.74. The molecule has 0 radical (unpaired) electrons. The molecule has 1 aromatic rings. The quantitative estimate of drug-likeness (QED) is 0.392. The summed E-state index contributed by atoms with van der Waals surface area (Å²) in [7, 11) is 0. The van der Waals surface area contributed by atoms with E-state index in [1.165, 1.54) is 12.4 Å². The van der Waals surface area contributed by atoms with Crippen molar-refractivity contribution in [1.29, 1.82) is 0 Å². The molecule has 0 aliphatic carbocycles. The summed E-state index contributed by atoms with van der Waals surface area (Å²) in [4.78, 5) is 7.81. The lowest BCUT2D eigenvalue weighted by Crippen LogP contribution is -2.12. The molecular formula is C8H10N4O. The molecule has 1 rings (SSSR count). The second-order valence-corrected chi connectivity index (χ2v) is 2.31. The van der Waals surface area contributed by atoms with Gasteiger partial charge in [0.2, 0.25) is 5.88 Å². The van der Waals surface area contributed by atoms with Gasteiger partial charge in [-0.05, 0) is 6.92 Å². The average Bonchev–Trinajstić information content (AvgIpc) is 2.18. The van der Waals surface area contributed by atoms with Gasteiger partial charge in [0.1, 0.15) is 0 Å². The van der Waals surface area contributed by atoms with Crippen LogP contribution in [0.1, 0.15) is 6.92 Å². The van der Waals surface area contributed by atoms with Crippen molar-refractivity contribution in [2.45, 2.75) is 13.0 Å². The highest BCUT2D eigenvalue weighted by Crippen LogP contribution is 2.09. The van der Waals surface area contributed by atoms with Crippen LogP contribution in [-0.4, -0.2) is 16.1 Å². The molecular weight excluding hydrogens is 168 g/mol. The molecule has 0 bridgehead atoms. The van der Waals surface area contributed by atoms with Crippen molar-refractivity contribution in [2.75, 3.05) is 5.43 Å². The van der Waals surface area contributed by atoms with Crippen LogP contribution < -0.4 is 16.0 Å². The maximum absolute atomic E-state index is 5.20. The summed E-state index contributed by atoms with van der Waals surface area (Å²) in [6.07, 6.45) is 7.74. The Hall–Kier alpha value is -1.80. The van der Waals surface area contributed by atoms with E-state index in [2.05, 4.69) is 21.3 Å². The number of nitrogens with one attached hydrogen (secondary N) is 1. The molecule has 1 heterocycles. The Labute approximate surface area is 76.3 Å². The normalized spacial score (nSPS) is 11.5. The number of hydrogen-bond donors (Lipinski definition) is 2.